The Morgan fingerprint density at radius 2 is 1.25 bits per heavy atom. The van der Waals surface area contributed by atoms with Gasteiger partial charge >= 0.3 is 8.25 Å². The molecule has 0 aromatic rings. The van der Waals surface area contributed by atoms with Gasteiger partial charge in [0.15, 0.2) is 13.5 Å². The summed E-state index contributed by atoms with van der Waals surface area (Å²) in [6, 6.07) is 0. The van der Waals surface area contributed by atoms with Gasteiger partial charge in [-0.2, -0.15) is 0 Å². The summed E-state index contributed by atoms with van der Waals surface area (Å²) in [7, 11) is -2.27. The van der Waals surface area contributed by atoms with Gasteiger partial charge in [0.05, 0.1) is 19.8 Å². The molecule has 0 saturated heterocycles. The average molecular weight is 313 g/mol. The molecule has 1 atom stereocenters. The van der Waals surface area contributed by atoms with Crippen molar-refractivity contribution in [2.75, 3.05) is 59.5 Å². The first-order valence-electron chi connectivity index (χ1n) is 6.68. The summed E-state index contributed by atoms with van der Waals surface area (Å²) >= 11 is 0. The number of rotatable bonds is 14. The lowest BCUT2D eigenvalue weighted by Gasteiger charge is -2.17. The van der Waals surface area contributed by atoms with Crippen molar-refractivity contribution in [1.82, 2.24) is 9.80 Å². The molecule has 0 fully saturated rings. The van der Waals surface area contributed by atoms with Gasteiger partial charge in [0.25, 0.3) is 0 Å². The van der Waals surface area contributed by atoms with Crippen LogP contribution in [-0.4, -0.2) is 84.6 Å². The van der Waals surface area contributed by atoms with Gasteiger partial charge in [-0.25, -0.2) is 0 Å². The maximum atomic E-state index is 11.5. The molecule has 20 heavy (non-hydrogen) atoms. The van der Waals surface area contributed by atoms with Crippen LogP contribution in [0, 0.1) is 0 Å². The van der Waals surface area contributed by atoms with E-state index in [1.54, 1.807) is 4.90 Å². The summed E-state index contributed by atoms with van der Waals surface area (Å²) in [6.07, 6.45) is 0.905. The second kappa shape index (κ2) is 13.8. The third-order valence-corrected chi connectivity index (χ3v) is 3.13. The quantitative estimate of drug-likeness (QED) is 0.294. The van der Waals surface area contributed by atoms with Crippen LogP contribution in [0.3, 0.4) is 0 Å². The van der Waals surface area contributed by atoms with Crippen molar-refractivity contribution >= 4 is 8.25 Å². The Morgan fingerprint density at radius 1 is 0.850 bits per heavy atom. The fourth-order valence-electron chi connectivity index (χ4n) is 1.52. The van der Waals surface area contributed by atoms with E-state index >= 15 is 0 Å². The van der Waals surface area contributed by atoms with Gasteiger partial charge in [-0.05, 0) is 6.42 Å². The third-order valence-electron chi connectivity index (χ3n) is 2.48. The van der Waals surface area contributed by atoms with Crippen LogP contribution in [0.5, 0.6) is 0 Å². The van der Waals surface area contributed by atoms with Crippen LogP contribution in [0.1, 0.15) is 13.3 Å². The molecule has 0 aliphatic carbocycles. The highest BCUT2D eigenvalue weighted by Crippen LogP contribution is 2.24. The topological polar surface area (TPSA) is 103 Å². The first-order chi connectivity index (χ1) is 9.67. The predicted molar refractivity (Wildman–Crippen MR) is 74.2 cm³/mol. The molecule has 0 aliphatic heterocycles. The van der Waals surface area contributed by atoms with Crippen molar-refractivity contribution in [1.29, 1.82) is 0 Å². The second-order valence-electron chi connectivity index (χ2n) is 4.15. The van der Waals surface area contributed by atoms with Crippen molar-refractivity contribution in [2.45, 2.75) is 13.3 Å². The SMILES string of the molecule is CCCN(CCO)CO[P+](=O)OCN(CCO)CCO. The fraction of sp³-hybridized carbons (Fsp3) is 1.00. The van der Waals surface area contributed by atoms with Gasteiger partial charge in [-0.1, -0.05) is 6.92 Å². The summed E-state index contributed by atoms with van der Waals surface area (Å²) in [5, 5.41) is 26.5. The first-order valence-corrected chi connectivity index (χ1v) is 7.77. The normalized spacial score (nSPS) is 12.4. The van der Waals surface area contributed by atoms with Crippen LogP contribution < -0.4 is 0 Å². The summed E-state index contributed by atoms with van der Waals surface area (Å²) in [5.74, 6) is 0. The van der Waals surface area contributed by atoms with Gasteiger partial charge in [-0.15, -0.1) is 9.05 Å². The Bertz CT molecular complexity index is 213. The van der Waals surface area contributed by atoms with E-state index in [0.717, 1.165) is 13.0 Å². The van der Waals surface area contributed by atoms with Crippen LogP contribution in [0.25, 0.3) is 0 Å². The molecular weight excluding hydrogens is 287 g/mol. The highest BCUT2D eigenvalue weighted by atomic mass is 31.1. The average Bonchev–Trinajstić information content (AvgIpc) is 2.43. The van der Waals surface area contributed by atoms with Gasteiger partial charge in [0.2, 0.25) is 0 Å². The third kappa shape index (κ3) is 10.6. The first kappa shape index (κ1) is 19.8. The lowest BCUT2D eigenvalue weighted by molar-refractivity contribution is 0.0585. The van der Waals surface area contributed by atoms with Gasteiger partial charge < -0.3 is 15.3 Å². The van der Waals surface area contributed by atoms with Crippen molar-refractivity contribution in [3.8, 4) is 0 Å². The molecule has 0 bridgehead atoms. The second-order valence-corrected chi connectivity index (χ2v) is 5.11. The molecule has 0 aliphatic rings. The summed E-state index contributed by atoms with van der Waals surface area (Å²) in [4.78, 5) is 3.45. The minimum Gasteiger partial charge on any atom is -0.395 e. The van der Waals surface area contributed by atoms with Gasteiger partial charge in [0, 0.05) is 30.7 Å². The van der Waals surface area contributed by atoms with Crippen LogP contribution in [0.2, 0.25) is 0 Å². The Hall–Kier alpha value is -0.180. The fourth-order valence-corrected chi connectivity index (χ4v) is 2.11. The smallest absolute Gasteiger partial charge is 0.395 e. The minimum absolute atomic E-state index is 0.0157. The number of hydrogen-bond acceptors (Lipinski definition) is 8. The Balaban J connectivity index is 3.89. The zero-order valence-electron chi connectivity index (χ0n) is 12.0. The number of aliphatic hydroxyl groups excluding tert-OH is 3. The van der Waals surface area contributed by atoms with Crippen molar-refractivity contribution < 1.29 is 28.9 Å². The Labute approximate surface area is 120 Å². The molecule has 1 unspecified atom stereocenters. The van der Waals surface area contributed by atoms with Crippen molar-refractivity contribution in [2.24, 2.45) is 0 Å². The monoisotopic (exact) mass is 313 g/mol. The zero-order valence-corrected chi connectivity index (χ0v) is 12.9. The molecule has 0 rings (SSSR count). The maximum absolute atomic E-state index is 11.5. The summed E-state index contributed by atoms with van der Waals surface area (Å²) in [6.45, 7) is 3.89. The highest BCUT2D eigenvalue weighted by molar-refractivity contribution is 7.33. The number of aliphatic hydroxyl groups is 3. The van der Waals surface area contributed by atoms with Crippen LogP contribution in [0.15, 0.2) is 0 Å². The van der Waals surface area contributed by atoms with E-state index in [9.17, 15) is 4.57 Å². The lowest BCUT2D eigenvalue weighted by Crippen LogP contribution is -2.31. The minimum atomic E-state index is -2.27. The molecule has 0 heterocycles. The molecule has 0 aromatic heterocycles. The molecular formula is C11H26N2O6P+. The van der Waals surface area contributed by atoms with Crippen molar-refractivity contribution in [3.05, 3.63) is 0 Å². The molecule has 0 aromatic carbocycles. The molecule has 0 radical (unpaired) electrons. The zero-order chi connectivity index (χ0) is 15.2. The molecule has 120 valence electrons. The van der Waals surface area contributed by atoms with E-state index in [1.807, 2.05) is 11.8 Å². The molecule has 8 nitrogen and oxygen atoms in total. The van der Waals surface area contributed by atoms with E-state index in [-0.39, 0.29) is 33.3 Å². The highest BCUT2D eigenvalue weighted by Gasteiger charge is 2.23. The van der Waals surface area contributed by atoms with E-state index in [2.05, 4.69) is 0 Å². The van der Waals surface area contributed by atoms with Gasteiger partial charge in [-0.3, -0.25) is 9.80 Å². The number of hydrogen-bond donors (Lipinski definition) is 3. The van der Waals surface area contributed by atoms with Gasteiger partial charge in [0.1, 0.15) is 0 Å². The molecule has 3 N–H and O–H groups in total. The Kier molecular flexibility index (Phi) is 13.7. The Morgan fingerprint density at radius 3 is 1.60 bits per heavy atom. The predicted octanol–water partition coefficient (Wildman–Crippen LogP) is -0.417. The van der Waals surface area contributed by atoms with Crippen LogP contribution in [0.4, 0.5) is 0 Å². The van der Waals surface area contributed by atoms with Crippen molar-refractivity contribution in [3.63, 3.8) is 0 Å². The standard InChI is InChI=1S/C11H26N2O6P/c1-2-3-12(4-7-14)10-18-20(17)19-11-13(5-8-15)6-9-16/h14-16H,2-11H2,1H3/q+1. The number of nitrogens with zero attached hydrogens (tertiary/aromatic N) is 2. The van der Waals surface area contributed by atoms with E-state index < -0.39 is 8.25 Å². The molecule has 0 spiro atoms. The lowest BCUT2D eigenvalue weighted by atomic mass is 10.4. The van der Waals surface area contributed by atoms with E-state index in [0.29, 0.717) is 19.6 Å². The molecule has 9 heteroatoms. The van der Waals surface area contributed by atoms with E-state index in [4.69, 9.17) is 24.4 Å². The summed E-state index contributed by atoms with van der Waals surface area (Å²) in [5.41, 5.74) is 0. The maximum Gasteiger partial charge on any atom is 0.700 e. The molecule has 0 saturated carbocycles. The largest absolute Gasteiger partial charge is 0.700 e. The van der Waals surface area contributed by atoms with Crippen LogP contribution in [-0.2, 0) is 13.6 Å². The van der Waals surface area contributed by atoms with E-state index in [1.165, 1.54) is 0 Å². The summed E-state index contributed by atoms with van der Waals surface area (Å²) < 4.78 is 21.6. The van der Waals surface area contributed by atoms with Crippen LogP contribution >= 0.6 is 8.25 Å². The molecule has 0 amide bonds.